The molecule has 1 N–H and O–H groups in total. The molecule has 1 amide bonds. The van der Waals surface area contributed by atoms with Crippen LogP contribution >= 0.6 is 11.3 Å². The van der Waals surface area contributed by atoms with E-state index in [4.69, 9.17) is 0 Å². The Labute approximate surface area is 113 Å². The molecular formula is C14H22N2OS. The summed E-state index contributed by atoms with van der Waals surface area (Å²) in [6, 6.07) is 2.04. The highest BCUT2D eigenvalue weighted by molar-refractivity contribution is 7.07. The van der Waals surface area contributed by atoms with Crippen LogP contribution in [-0.4, -0.2) is 23.4 Å². The lowest BCUT2D eigenvalue weighted by Gasteiger charge is -2.24. The van der Waals surface area contributed by atoms with Gasteiger partial charge in [-0.1, -0.05) is 13.8 Å². The van der Waals surface area contributed by atoms with E-state index in [0.29, 0.717) is 5.92 Å². The first-order valence-electron chi connectivity index (χ1n) is 6.68. The normalized spacial score (nSPS) is 24.2. The van der Waals surface area contributed by atoms with Gasteiger partial charge in [-0.15, -0.1) is 0 Å². The Hall–Kier alpha value is -0.870. The predicted molar refractivity (Wildman–Crippen MR) is 75.4 cm³/mol. The van der Waals surface area contributed by atoms with Crippen molar-refractivity contribution in [1.82, 2.24) is 10.2 Å². The van der Waals surface area contributed by atoms with Crippen LogP contribution in [0.25, 0.3) is 0 Å². The molecule has 2 rings (SSSR count). The van der Waals surface area contributed by atoms with Gasteiger partial charge in [-0.25, -0.2) is 0 Å². The Bertz CT molecular complexity index is 389. The highest BCUT2D eigenvalue weighted by Crippen LogP contribution is 2.27. The molecule has 2 unspecified atom stereocenters. The maximum absolute atomic E-state index is 12.2. The summed E-state index contributed by atoms with van der Waals surface area (Å²) in [6.45, 7) is 7.26. The summed E-state index contributed by atoms with van der Waals surface area (Å²) in [7, 11) is 0. The van der Waals surface area contributed by atoms with Crippen LogP contribution in [-0.2, 0) is 4.79 Å². The fraction of sp³-hybridized carbons (Fsp3) is 0.643. The Balaban J connectivity index is 2.02. The standard InChI is InChI=1S/C14H22N2OS/c1-10(2)5-4-7-16-13(12-6-8-18-9-12)15-11(3)14(16)17/h6,8-11,13,15H,4-5,7H2,1-3H3. The fourth-order valence-corrected chi connectivity index (χ4v) is 3.07. The van der Waals surface area contributed by atoms with E-state index in [-0.39, 0.29) is 18.1 Å². The zero-order valence-electron chi connectivity index (χ0n) is 11.3. The molecule has 0 radical (unpaired) electrons. The molecule has 4 heteroatoms. The van der Waals surface area contributed by atoms with Gasteiger partial charge in [-0.3, -0.25) is 10.1 Å². The molecular weight excluding hydrogens is 244 g/mol. The number of hydrogen-bond donors (Lipinski definition) is 1. The molecule has 1 aliphatic heterocycles. The molecule has 1 aromatic heterocycles. The van der Waals surface area contributed by atoms with Gasteiger partial charge in [0, 0.05) is 6.54 Å². The second-order valence-electron chi connectivity index (χ2n) is 5.42. The van der Waals surface area contributed by atoms with Crippen LogP contribution in [0.3, 0.4) is 0 Å². The molecule has 0 bridgehead atoms. The Morgan fingerprint density at radius 3 is 2.89 bits per heavy atom. The van der Waals surface area contributed by atoms with Gasteiger partial charge in [0.25, 0.3) is 0 Å². The highest BCUT2D eigenvalue weighted by atomic mass is 32.1. The van der Waals surface area contributed by atoms with E-state index in [9.17, 15) is 4.79 Å². The third-order valence-corrected chi connectivity index (χ3v) is 4.11. The molecule has 1 aliphatic rings. The number of hydrogen-bond acceptors (Lipinski definition) is 3. The molecule has 1 saturated heterocycles. The number of nitrogens with zero attached hydrogens (tertiary/aromatic N) is 1. The van der Waals surface area contributed by atoms with Crippen molar-refractivity contribution in [3.05, 3.63) is 22.4 Å². The van der Waals surface area contributed by atoms with Crippen LogP contribution in [0.1, 0.15) is 45.3 Å². The quantitative estimate of drug-likeness (QED) is 0.888. The summed E-state index contributed by atoms with van der Waals surface area (Å²) in [4.78, 5) is 14.1. The van der Waals surface area contributed by atoms with Crippen molar-refractivity contribution in [2.45, 2.75) is 45.8 Å². The minimum absolute atomic E-state index is 0.0612. The number of rotatable bonds is 5. The van der Waals surface area contributed by atoms with E-state index in [1.807, 2.05) is 11.8 Å². The molecule has 0 saturated carbocycles. The van der Waals surface area contributed by atoms with Crippen molar-refractivity contribution < 1.29 is 4.79 Å². The van der Waals surface area contributed by atoms with Crippen LogP contribution in [0.4, 0.5) is 0 Å². The Morgan fingerprint density at radius 1 is 1.50 bits per heavy atom. The number of carbonyl (C=O) groups is 1. The predicted octanol–water partition coefficient (Wildman–Crippen LogP) is 3.00. The summed E-state index contributed by atoms with van der Waals surface area (Å²) in [6.07, 6.45) is 2.33. The monoisotopic (exact) mass is 266 g/mol. The summed E-state index contributed by atoms with van der Waals surface area (Å²) in [5.41, 5.74) is 1.21. The van der Waals surface area contributed by atoms with Crippen molar-refractivity contribution in [1.29, 1.82) is 0 Å². The average Bonchev–Trinajstić information content (AvgIpc) is 2.91. The molecule has 18 heavy (non-hydrogen) atoms. The van der Waals surface area contributed by atoms with Crippen LogP contribution in [0, 0.1) is 5.92 Å². The molecule has 0 spiro atoms. The highest BCUT2D eigenvalue weighted by Gasteiger charge is 2.36. The maximum Gasteiger partial charge on any atom is 0.241 e. The van der Waals surface area contributed by atoms with Crippen molar-refractivity contribution in [2.75, 3.05) is 6.54 Å². The molecule has 0 aromatic carbocycles. The van der Waals surface area contributed by atoms with Gasteiger partial charge < -0.3 is 4.90 Å². The number of nitrogens with one attached hydrogen (secondary N) is 1. The minimum atomic E-state index is -0.0612. The molecule has 3 nitrogen and oxygen atoms in total. The van der Waals surface area contributed by atoms with Crippen molar-refractivity contribution >= 4 is 17.2 Å². The lowest BCUT2D eigenvalue weighted by Crippen LogP contribution is -2.31. The second-order valence-corrected chi connectivity index (χ2v) is 6.20. The van der Waals surface area contributed by atoms with E-state index in [0.717, 1.165) is 13.0 Å². The average molecular weight is 266 g/mol. The molecule has 100 valence electrons. The van der Waals surface area contributed by atoms with E-state index in [2.05, 4.69) is 36.0 Å². The zero-order chi connectivity index (χ0) is 13.1. The van der Waals surface area contributed by atoms with Gasteiger partial charge in [0.05, 0.1) is 6.04 Å². The van der Waals surface area contributed by atoms with Gasteiger partial charge in [0.1, 0.15) is 6.17 Å². The third-order valence-electron chi connectivity index (χ3n) is 3.41. The molecule has 2 atom stereocenters. The topological polar surface area (TPSA) is 32.3 Å². The summed E-state index contributed by atoms with van der Waals surface area (Å²) in [5, 5.41) is 7.57. The maximum atomic E-state index is 12.2. The number of thiophene rings is 1. The summed E-state index contributed by atoms with van der Waals surface area (Å²) in [5.74, 6) is 0.933. The molecule has 2 heterocycles. The van der Waals surface area contributed by atoms with Crippen LogP contribution in [0.5, 0.6) is 0 Å². The molecule has 0 aliphatic carbocycles. The van der Waals surface area contributed by atoms with Crippen molar-refractivity contribution in [3.8, 4) is 0 Å². The van der Waals surface area contributed by atoms with E-state index >= 15 is 0 Å². The Kier molecular flexibility index (Phi) is 4.40. The lowest BCUT2D eigenvalue weighted by molar-refractivity contribution is -0.129. The largest absolute Gasteiger partial charge is 0.322 e. The first-order valence-corrected chi connectivity index (χ1v) is 7.62. The minimum Gasteiger partial charge on any atom is -0.322 e. The third kappa shape index (κ3) is 2.93. The van der Waals surface area contributed by atoms with Gasteiger partial charge >= 0.3 is 0 Å². The van der Waals surface area contributed by atoms with Crippen LogP contribution in [0.2, 0.25) is 0 Å². The van der Waals surface area contributed by atoms with Crippen LogP contribution in [0.15, 0.2) is 16.8 Å². The van der Waals surface area contributed by atoms with E-state index in [1.54, 1.807) is 11.3 Å². The van der Waals surface area contributed by atoms with Gasteiger partial charge in [0.2, 0.25) is 5.91 Å². The lowest BCUT2D eigenvalue weighted by atomic mass is 10.1. The zero-order valence-corrected chi connectivity index (χ0v) is 12.2. The van der Waals surface area contributed by atoms with E-state index in [1.165, 1.54) is 12.0 Å². The molecule has 1 fully saturated rings. The first kappa shape index (κ1) is 13.6. The fourth-order valence-electron chi connectivity index (χ4n) is 2.39. The van der Waals surface area contributed by atoms with Gasteiger partial charge in [-0.2, -0.15) is 11.3 Å². The second kappa shape index (κ2) is 5.85. The summed E-state index contributed by atoms with van der Waals surface area (Å²) >= 11 is 1.68. The first-order chi connectivity index (χ1) is 8.59. The SMILES string of the molecule is CC(C)CCCN1C(=O)C(C)NC1c1ccsc1. The summed E-state index contributed by atoms with van der Waals surface area (Å²) < 4.78 is 0. The molecule has 1 aromatic rings. The van der Waals surface area contributed by atoms with Crippen molar-refractivity contribution in [2.24, 2.45) is 5.92 Å². The Morgan fingerprint density at radius 2 is 2.28 bits per heavy atom. The van der Waals surface area contributed by atoms with Crippen molar-refractivity contribution in [3.63, 3.8) is 0 Å². The van der Waals surface area contributed by atoms with Gasteiger partial charge in [-0.05, 0) is 48.1 Å². The smallest absolute Gasteiger partial charge is 0.241 e. The van der Waals surface area contributed by atoms with Crippen LogP contribution < -0.4 is 5.32 Å². The van der Waals surface area contributed by atoms with E-state index < -0.39 is 0 Å². The number of carbonyl (C=O) groups excluding carboxylic acids is 1. The number of amides is 1. The van der Waals surface area contributed by atoms with Gasteiger partial charge in [0.15, 0.2) is 0 Å².